The zero-order valence-corrected chi connectivity index (χ0v) is 15.2. The van der Waals surface area contributed by atoms with Crippen LogP contribution in [0.15, 0.2) is 18.2 Å². The highest BCUT2D eigenvalue weighted by Crippen LogP contribution is 2.31. The predicted octanol–water partition coefficient (Wildman–Crippen LogP) is 2.54. The van der Waals surface area contributed by atoms with Crippen LogP contribution in [0.1, 0.15) is 49.9 Å². The highest BCUT2D eigenvalue weighted by Gasteiger charge is 2.39. The van der Waals surface area contributed by atoms with E-state index in [1.807, 2.05) is 29.8 Å². The Morgan fingerprint density at radius 3 is 2.72 bits per heavy atom. The number of carbonyl (C=O) groups is 1. The zero-order chi connectivity index (χ0) is 17.4. The number of aromatic nitrogens is 3. The summed E-state index contributed by atoms with van der Waals surface area (Å²) in [5, 5.41) is 8.36. The van der Waals surface area contributed by atoms with Crippen molar-refractivity contribution in [3.63, 3.8) is 0 Å². The predicted molar refractivity (Wildman–Crippen MR) is 97.5 cm³/mol. The second kappa shape index (κ2) is 6.75. The van der Waals surface area contributed by atoms with Gasteiger partial charge in [0.2, 0.25) is 0 Å². The van der Waals surface area contributed by atoms with E-state index in [2.05, 4.69) is 27.0 Å². The normalized spacial score (nSPS) is 24.5. The SMILES string of the molecule is CCN1CCC[C@H]1[C@@H]1CCCN1C(=O)c1ccc2c(c1)nnn2CC. The molecule has 1 aromatic carbocycles. The van der Waals surface area contributed by atoms with E-state index in [-0.39, 0.29) is 5.91 Å². The molecule has 6 heteroatoms. The number of nitrogens with zero attached hydrogens (tertiary/aromatic N) is 5. The third-order valence-corrected chi connectivity index (χ3v) is 5.89. The van der Waals surface area contributed by atoms with E-state index in [4.69, 9.17) is 0 Å². The summed E-state index contributed by atoms with van der Waals surface area (Å²) < 4.78 is 1.86. The van der Waals surface area contributed by atoms with E-state index in [0.717, 1.165) is 49.1 Å². The number of benzene rings is 1. The molecule has 2 aromatic rings. The van der Waals surface area contributed by atoms with Gasteiger partial charge in [0.05, 0.1) is 5.52 Å². The van der Waals surface area contributed by atoms with Crippen LogP contribution in [0.2, 0.25) is 0 Å². The number of rotatable bonds is 4. The molecular formula is C19H27N5O. The van der Waals surface area contributed by atoms with Crippen LogP contribution in [0.3, 0.4) is 0 Å². The van der Waals surface area contributed by atoms with Gasteiger partial charge in [-0.15, -0.1) is 5.10 Å². The molecule has 25 heavy (non-hydrogen) atoms. The van der Waals surface area contributed by atoms with Crippen molar-refractivity contribution in [2.24, 2.45) is 0 Å². The van der Waals surface area contributed by atoms with E-state index in [9.17, 15) is 4.79 Å². The molecule has 6 nitrogen and oxygen atoms in total. The van der Waals surface area contributed by atoms with Crippen molar-refractivity contribution in [3.05, 3.63) is 23.8 Å². The molecule has 0 saturated carbocycles. The molecule has 3 heterocycles. The van der Waals surface area contributed by atoms with Gasteiger partial charge in [-0.1, -0.05) is 12.1 Å². The van der Waals surface area contributed by atoms with Crippen LogP contribution in [-0.4, -0.2) is 62.4 Å². The number of fused-ring (bicyclic) bond motifs is 1. The van der Waals surface area contributed by atoms with Crippen LogP contribution in [-0.2, 0) is 6.54 Å². The molecule has 134 valence electrons. The third-order valence-electron chi connectivity index (χ3n) is 5.89. The summed E-state index contributed by atoms with van der Waals surface area (Å²) in [6, 6.07) is 6.70. The van der Waals surface area contributed by atoms with Gasteiger partial charge in [0.1, 0.15) is 5.52 Å². The van der Waals surface area contributed by atoms with E-state index >= 15 is 0 Å². The molecule has 2 aliphatic rings. The van der Waals surface area contributed by atoms with Crippen molar-refractivity contribution in [2.75, 3.05) is 19.6 Å². The number of carbonyl (C=O) groups excluding carboxylic acids is 1. The van der Waals surface area contributed by atoms with E-state index in [0.29, 0.717) is 12.1 Å². The van der Waals surface area contributed by atoms with E-state index in [1.165, 1.54) is 19.4 Å². The van der Waals surface area contributed by atoms with E-state index in [1.54, 1.807) is 0 Å². The molecule has 1 amide bonds. The maximum Gasteiger partial charge on any atom is 0.254 e. The van der Waals surface area contributed by atoms with Crippen LogP contribution in [0.5, 0.6) is 0 Å². The third kappa shape index (κ3) is 2.82. The van der Waals surface area contributed by atoms with E-state index < -0.39 is 0 Å². The molecular weight excluding hydrogens is 314 g/mol. The molecule has 0 aliphatic carbocycles. The summed E-state index contributed by atoms with van der Waals surface area (Å²) in [6.07, 6.45) is 4.70. The molecule has 2 fully saturated rings. The second-order valence-corrected chi connectivity index (χ2v) is 7.15. The summed E-state index contributed by atoms with van der Waals surface area (Å²) in [7, 11) is 0. The first-order valence-corrected chi connectivity index (χ1v) is 9.61. The minimum absolute atomic E-state index is 0.151. The van der Waals surface area contributed by atoms with Crippen molar-refractivity contribution < 1.29 is 4.79 Å². The Labute approximate surface area is 148 Å². The smallest absolute Gasteiger partial charge is 0.254 e. The Morgan fingerprint density at radius 1 is 1.12 bits per heavy atom. The summed E-state index contributed by atoms with van der Waals surface area (Å²) in [5.41, 5.74) is 2.54. The Kier molecular flexibility index (Phi) is 4.46. The van der Waals surface area contributed by atoms with Gasteiger partial charge >= 0.3 is 0 Å². The molecule has 4 rings (SSSR count). The average molecular weight is 341 g/mol. The van der Waals surface area contributed by atoms with Gasteiger partial charge < -0.3 is 4.90 Å². The molecule has 2 atom stereocenters. The lowest BCUT2D eigenvalue weighted by atomic mass is 10.0. The molecule has 0 spiro atoms. The monoisotopic (exact) mass is 341 g/mol. The summed E-state index contributed by atoms with van der Waals surface area (Å²) in [5.74, 6) is 0.151. The number of likely N-dealkylation sites (tertiary alicyclic amines) is 2. The van der Waals surface area contributed by atoms with Crippen molar-refractivity contribution in [3.8, 4) is 0 Å². The largest absolute Gasteiger partial charge is 0.334 e. The van der Waals surface area contributed by atoms with Gasteiger partial charge in [-0.2, -0.15) is 0 Å². The summed E-state index contributed by atoms with van der Waals surface area (Å²) >= 11 is 0. The van der Waals surface area contributed by atoms with Crippen LogP contribution < -0.4 is 0 Å². The first kappa shape index (κ1) is 16.5. The number of likely N-dealkylation sites (N-methyl/N-ethyl adjacent to an activating group) is 1. The number of hydrogen-bond donors (Lipinski definition) is 0. The summed E-state index contributed by atoms with van der Waals surface area (Å²) in [6.45, 7) is 8.18. The first-order chi connectivity index (χ1) is 12.2. The molecule has 0 radical (unpaired) electrons. The first-order valence-electron chi connectivity index (χ1n) is 9.61. The second-order valence-electron chi connectivity index (χ2n) is 7.15. The van der Waals surface area contributed by atoms with Crippen LogP contribution in [0.4, 0.5) is 0 Å². The fourth-order valence-electron chi connectivity index (χ4n) is 4.63. The molecule has 2 aliphatic heterocycles. The Morgan fingerprint density at radius 2 is 1.92 bits per heavy atom. The van der Waals surface area contributed by atoms with Gasteiger partial charge in [0.15, 0.2) is 0 Å². The lowest BCUT2D eigenvalue weighted by molar-refractivity contribution is 0.0650. The van der Waals surface area contributed by atoms with Crippen molar-refractivity contribution in [1.29, 1.82) is 0 Å². The van der Waals surface area contributed by atoms with Crippen LogP contribution in [0.25, 0.3) is 11.0 Å². The quantitative estimate of drug-likeness (QED) is 0.857. The van der Waals surface area contributed by atoms with Crippen molar-refractivity contribution >= 4 is 16.9 Å². The van der Waals surface area contributed by atoms with Gasteiger partial charge in [0.25, 0.3) is 5.91 Å². The highest BCUT2D eigenvalue weighted by atomic mass is 16.2. The lowest BCUT2D eigenvalue weighted by Crippen LogP contribution is -2.48. The minimum atomic E-state index is 0.151. The maximum absolute atomic E-state index is 13.2. The minimum Gasteiger partial charge on any atom is -0.334 e. The van der Waals surface area contributed by atoms with Crippen molar-refractivity contribution in [2.45, 2.75) is 58.2 Å². The Hall–Kier alpha value is -1.95. The fourth-order valence-corrected chi connectivity index (χ4v) is 4.63. The number of aryl methyl sites for hydroxylation is 1. The van der Waals surface area contributed by atoms with Crippen LogP contribution >= 0.6 is 0 Å². The van der Waals surface area contributed by atoms with Gasteiger partial charge in [-0.25, -0.2) is 4.68 Å². The number of hydrogen-bond acceptors (Lipinski definition) is 4. The zero-order valence-electron chi connectivity index (χ0n) is 15.2. The molecule has 0 bridgehead atoms. The maximum atomic E-state index is 13.2. The van der Waals surface area contributed by atoms with Gasteiger partial charge in [0, 0.05) is 30.7 Å². The molecule has 0 N–H and O–H groups in total. The topological polar surface area (TPSA) is 54.3 Å². The fraction of sp³-hybridized carbons (Fsp3) is 0.632. The standard InChI is InChI=1S/C19H27N5O/c1-3-22-11-5-7-17(22)18-8-6-12-23(18)19(25)14-9-10-16-15(13-14)20-21-24(16)4-2/h9-10,13,17-18H,3-8,11-12H2,1-2H3/t17-,18-/m0/s1. The Bertz CT molecular complexity index is 770. The number of amides is 1. The summed E-state index contributed by atoms with van der Waals surface area (Å²) in [4.78, 5) is 17.8. The molecule has 0 unspecified atom stereocenters. The molecule has 2 saturated heterocycles. The molecule has 1 aromatic heterocycles. The van der Waals surface area contributed by atoms with Crippen molar-refractivity contribution in [1.82, 2.24) is 24.8 Å². The van der Waals surface area contributed by atoms with Gasteiger partial charge in [-0.05, 0) is 63.9 Å². The van der Waals surface area contributed by atoms with Crippen LogP contribution in [0, 0.1) is 0 Å². The highest BCUT2D eigenvalue weighted by molar-refractivity contribution is 5.97. The Balaban J connectivity index is 1.59. The van der Waals surface area contributed by atoms with Gasteiger partial charge in [-0.3, -0.25) is 9.69 Å². The average Bonchev–Trinajstić information content (AvgIpc) is 3.37. The lowest BCUT2D eigenvalue weighted by Gasteiger charge is -2.34.